The lowest BCUT2D eigenvalue weighted by Gasteiger charge is -2.49. The SMILES string of the molecule is CC(=O)N[C@H]1[C@H]([C@H](O)[C@H](O)CO)O[C@@](O[C@@H]2[C@@H](O)[C@H](O)O[C@H](CO[C@H]3O[C@H](CO)[C@H](O)[C@H](O)[C@H]3O)[C@@H]2O)(C(=O)O)C[C@@H]1O. The van der Waals surface area contributed by atoms with Crippen LogP contribution in [0, 0.1) is 0 Å². The van der Waals surface area contributed by atoms with E-state index in [0.29, 0.717) is 0 Å². The number of carbonyl (C=O) groups excluding carboxylic acids is 1. The van der Waals surface area contributed by atoms with E-state index >= 15 is 0 Å². The molecule has 0 aromatic heterocycles. The van der Waals surface area contributed by atoms with Gasteiger partial charge in [0.1, 0.15) is 67.1 Å². The monoisotopic (exact) mass is 633 g/mol. The normalized spacial score (nSPS) is 45.3. The van der Waals surface area contributed by atoms with E-state index in [1.165, 1.54) is 0 Å². The van der Waals surface area contributed by atoms with Crippen molar-refractivity contribution in [2.75, 3.05) is 19.8 Å². The summed E-state index contributed by atoms with van der Waals surface area (Å²) < 4.78 is 26.5. The predicted molar refractivity (Wildman–Crippen MR) is 130 cm³/mol. The Balaban J connectivity index is 1.84. The second-order valence-corrected chi connectivity index (χ2v) is 10.5. The summed E-state index contributed by atoms with van der Waals surface area (Å²) in [6.07, 6.45) is -27.3. The number of hydrogen-bond acceptors (Lipinski definition) is 18. The van der Waals surface area contributed by atoms with E-state index < -0.39 is 136 Å². The highest BCUT2D eigenvalue weighted by Gasteiger charge is 2.59. The lowest BCUT2D eigenvalue weighted by atomic mass is 9.88. The van der Waals surface area contributed by atoms with Crippen LogP contribution in [0.5, 0.6) is 0 Å². The Morgan fingerprint density at radius 2 is 1.58 bits per heavy atom. The number of aliphatic hydroxyl groups is 11. The van der Waals surface area contributed by atoms with Gasteiger partial charge in [0.15, 0.2) is 12.6 Å². The third-order valence-electron chi connectivity index (χ3n) is 7.45. The molecule has 0 bridgehead atoms. The van der Waals surface area contributed by atoms with Crippen molar-refractivity contribution in [1.29, 1.82) is 0 Å². The molecule has 1 amide bonds. The van der Waals surface area contributed by atoms with Crippen molar-refractivity contribution in [3.63, 3.8) is 0 Å². The van der Waals surface area contributed by atoms with Crippen molar-refractivity contribution < 1.29 is 94.6 Å². The van der Waals surface area contributed by atoms with Crippen LogP contribution in [0.1, 0.15) is 13.3 Å². The third kappa shape index (κ3) is 7.58. The van der Waals surface area contributed by atoms with Crippen molar-refractivity contribution in [1.82, 2.24) is 5.32 Å². The Morgan fingerprint density at radius 1 is 0.930 bits per heavy atom. The average Bonchev–Trinajstić information content (AvgIpc) is 2.96. The number of rotatable bonds is 11. The molecule has 16 atom stereocenters. The van der Waals surface area contributed by atoms with Crippen LogP contribution in [-0.2, 0) is 33.3 Å². The molecule has 3 aliphatic rings. The first-order chi connectivity index (χ1) is 20.1. The molecule has 43 heavy (non-hydrogen) atoms. The first-order valence-corrected chi connectivity index (χ1v) is 13.2. The van der Waals surface area contributed by atoms with Gasteiger partial charge in [-0.15, -0.1) is 0 Å². The summed E-state index contributed by atoms with van der Waals surface area (Å²) in [6.45, 7) is -1.54. The smallest absolute Gasteiger partial charge is 0.364 e. The number of carboxylic acid groups (broad SMARTS) is 1. The number of carbonyl (C=O) groups is 2. The van der Waals surface area contributed by atoms with Crippen molar-refractivity contribution >= 4 is 11.9 Å². The van der Waals surface area contributed by atoms with Crippen LogP contribution in [0.4, 0.5) is 0 Å². The zero-order valence-electron chi connectivity index (χ0n) is 22.7. The van der Waals surface area contributed by atoms with E-state index in [-0.39, 0.29) is 0 Å². The van der Waals surface area contributed by atoms with Gasteiger partial charge in [-0.2, -0.15) is 0 Å². The molecule has 0 radical (unpaired) electrons. The van der Waals surface area contributed by atoms with E-state index in [9.17, 15) is 70.9 Å². The Bertz CT molecular complexity index is 942. The van der Waals surface area contributed by atoms with Crippen molar-refractivity contribution in [3.05, 3.63) is 0 Å². The largest absolute Gasteiger partial charge is 0.477 e. The Hall–Kier alpha value is -1.70. The summed E-state index contributed by atoms with van der Waals surface area (Å²) >= 11 is 0. The molecule has 0 unspecified atom stereocenters. The molecule has 250 valence electrons. The van der Waals surface area contributed by atoms with Crippen LogP contribution in [0.3, 0.4) is 0 Å². The highest BCUT2D eigenvalue weighted by atomic mass is 16.7. The van der Waals surface area contributed by atoms with Crippen LogP contribution in [0.2, 0.25) is 0 Å². The van der Waals surface area contributed by atoms with E-state index in [1.54, 1.807) is 0 Å². The fourth-order valence-corrected chi connectivity index (χ4v) is 5.06. The van der Waals surface area contributed by atoms with Crippen LogP contribution >= 0.6 is 0 Å². The molecule has 0 saturated carbocycles. The van der Waals surface area contributed by atoms with Crippen LogP contribution in [0.25, 0.3) is 0 Å². The fraction of sp³-hybridized carbons (Fsp3) is 0.913. The zero-order chi connectivity index (χ0) is 32.4. The van der Waals surface area contributed by atoms with Crippen molar-refractivity contribution in [2.24, 2.45) is 0 Å². The molecule has 0 spiro atoms. The molecule has 3 rings (SSSR count). The lowest BCUT2D eigenvalue weighted by molar-refractivity contribution is -0.370. The predicted octanol–water partition coefficient (Wildman–Crippen LogP) is -8.22. The molecule has 3 aliphatic heterocycles. The third-order valence-corrected chi connectivity index (χ3v) is 7.45. The van der Waals surface area contributed by atoms with Gasteiger partial charge in [-0.25, -0.2) is 4.79 Å². The van der Waals surface area contributed by atoms with Gasteiger partial charge >= 0.3 is 5.97 Å². The maximum absolute atomic E-state index is 12.5. The molecular weight excluding hydrogens is 594 g/mol. The van der Waals surface area contributed by atoms with Gasteiger partial charge in [-0.1, -0.05) is 0 Å². The van der Waals surface area contributed by atoms with Gasteiger partial charge in [0.05, 0.1) is 32.0 Å². The molecule has 0 aromatic carbocycles. The highest BCUT2D eigenvalue weighted by molar-refractivity contribution is 5.76. The molecule has 3 heterocycles. The number of ether oxygens (including phenoxy) is 5. The summed E-state index contributed by atoms with van der Waals surface area (Å²) in [5, 5.41) is 124. The summed E-state index contributed by atoms with van der Waals surface area (Å²) in [6, 6.07) is -1.53. The molecule has 20 heteroatoms. The maximum atomic E-state index is 12.5. The summed E-state index contributed by atoms with van der Waals surface area (Å²) in [7, 11) is 0. The number of hydrogen-bond donors (Lipinski definition) is 13. The van der Waals surface area contributed by atoms with Crippen LogP contribution in [-0.4, -0.2) is 191 Å². The lowest BCUT2D eigenvalue weighted by Crippen LogP contribution is -2.70. The minimum absolute atomic E-state index is 0.743. The number of nitrogens with one attached hydrogen (secondary N) is 1. The van der Waals surface area contributed by atoms with Gasteiger partial charge in [-0.3, -0.25) is 4.79 Å². The average molecular weight is 634 g/mol. The van der Waals surface area contributed by atoms with Crippen LogP contribution < -0.4 is 5.32 Å². The van der Waals surface area contributed by atoms with Gasteiger partial charge in [0.25, 0.3) is 5.79 Å². The molecular formula is C23H39NO19. The Kier molecular flexibility index (Phi) is 12.1. The Morgan fingerprint density at radius 3 is 2.14 bits per heavy atom. The van der Waals surface area contributed by atoms with Crippen LogP contribution in [0.15, 0.2) is 0 Å². The fourth-order valence-electron chi connectivity index (χ4n) is 5.06. The van der Waals surface area contributed by atoms with E-state index in [1.807, 2.05) is 0 Å². The van der Waals surface area contributed by atoms with Gasteiger partial charge in [-0.05, 0) is 0 Å². The van der Waals surface area contributed by atoms with Gasteiger partial charge in [0.2, 0.25) is 5.91 Å². The van der Waals surface area contributed by atoms with E-state index in [4.69, 9.17) is 23.7 Å². The number of amides is 1. The van der Waals surface area contributed by atoms with Crippen molar-refractivity contribution in [2.45, 2.75) is 111 Å². The summed E-state index contributed by atoms with van der Waals surface area (Å²) in [4.78, 5) is 24.2. The molecule has 3 saturated heterocycles. The second-order valence-electron chi connectivity index (χ2n) is 10.5. The summed E-state index contributed by atoms with van der Waals surface area (Å²) in [5.74, 6) is -5.70. The molecule has 20 nitrogen and oxygen atoms in total. The van der Waals surface area contributed by atoms with Gasteiger partial charge < -0.3 is 90.3 Å². The molecule has 3 fully saturated rings. The molecule has 0 aromatic rings. The minimum Gasteiger partial charge on any atom is -0.477 e. The van der Waals surface area contributed by atoms with Gasteiger partial charge in [0, 0.05) is 13.3 Å². The second kappa shape index (κ2) is 14.6. The summed E-state index contributed by atoms with van der Waals surface area (Å²) in [5.41, 5.74) is 0. The first kappa shape index (κ1) is 35.8. The van der Waals surface area contributed by atoms with E-state index in [0.717, 1.165) is 6.92 Å². The minimum atomic E-state index is -3.00. The zero-order valence-corrected chi connectivity index (χ0v) is 22.7. The van der Waals surface area contributed by atoms with E-state index in [2.05, 4.69) is 5.32 Å². The molecule has 13 N–H and O–H groups in total. The standard InChI is InChI=1S/C23H39NO19/c1-6(27)24-11-7(28)2-23(22(37)38,42-18(11)12(30)8(29)3-25)43-19-14(32)10(40-20(36)17(19)35)5-39-21-16(34)15(33)13(31)9(4-26)41-21/h7-21,25-26,28-36H,2-5H2,1H3,(H,24,27)(H,37,38)/t7-,8+,9+,10+,11+,12+,13-,14-,15-,16+,17+,18+,19-,20+,21-,23-/m0/s1. The number of aliphatic hydroxyl groups excluding tert-OH is 11. The highest BCUT2D eigenvalue weighted by Crippen LogP contribution is 2.37. The Labute approximate surface area is 243 Å². The number of aliphatic carboxylic acids is 1. The van der Waals surface area contributed by atoms with Crippen molar-refractivity contribution in [3.8, 4) is 0 Å². The first-order valence-electron chi connectivity index (χ1n) is 13.2. The topological polar surface area (TPSA) is 335 Å². The number of carboxylic acids is 1. The molecule has 0 aliphatic carbocycles. The quantitative estimate of drug-likeness (QED) is 0.100. The maximum Gasteiger partial charge on any atom is 0.364 e.